The monoisotopic (exact) mass is 191 g/mol. The molecule has 0 amide bonds. The van der Waals surface area contributed by atoms with E-state index in [9.17, 15) is 0 Å². The average molecular weight is 193 g/mol. The summed E-state index contributed by atoms with van der Waals surface area (Å²) in [5.74, 6) is 0. The molecule has 4 heteroatoms. The molecule has 0 aliphatic heterocycles. The van der Waals surface area contributed by atoms with E-state index in [1.54, 1.807) is 0 Å². The predicted octanol–water partition coefficient (Wildman–Crippen LogP) is 2.21. The molecular formula is C5H12Cl3N. The summed E-state index contributed by atoms with van der Waals surface area (Å²) in [5.41, 5.74) is 0. The molecule has 0 unspecified atom stereocenters. The van der Waals surface area contributed by atoms with Crippen LogP contribution in [0.3, 0.4) is 0 Å². The highest BCUT2D eigenvalue weighted by molar-refractivity contribution is 6.44. The van der Waals surface area contributed by atoms with Crippen molar-refractivity contribution in [1.29, 1.82) is 0 Å². The maximum Gasteiger partial charge on any atom is 0.109 e. The molecule has 1 nitrogen and oxygen atoms in total. The normalized spacial score (nSPS) is 9.33. The maximum atomic E-state index is 5.44. The Bertz CT molecular complexity index is 49.5. The lowest BCUT2D eigenvalue weighted by Gasteiger charge is -1.99. The molecule has 0 radical (unpaired) electrons. The molecule has 0 aliphatic carbocycles. The Labute approximate surface area is 72.5 Å². The number of hydrogen-bond acceptors (Lipinski definition) is 1. The Balaban J connectivity index is 0. The molecule has 0 aromatic rings. The Kier molecular flexibility index (Phi) is 12.3. The van der Waals surface area contributed by atoms with Gasteiger partial charge in [-0.3, -0.25) is 0 Å². The molecule has 0 saturated heterocycles. The van der Waals surface area contributed by atoms with E-state index in [-0.39, 0.29) is 17.2 Å². The molecule has 0 aromatic carbocycles. The van der Waals surface area contributed by atoms with Gasteiger partial charge in [0.1, 0.15) is 4.84 Å². The number of nitrogens with one attached hydrogen (secondary N) is 1. The quantitative estimate of drug-likeness (QED) is 0.532. The molecule has 0 bridgehead atoms. The van der Waals surface area contributed by atoms with Gasteiger partial charge in [0.2, 0.25) is 0 Å². The lowest BCUT2D eigenvalue weighted by Crippen LogP contribution is -2.15. The van der Waals surface area contributed by atoms with Crippen molar-refractivity contribution in [2.45, 2.75) is 18.2 Å². The Morgan fingerprint density at radius 1 is 1.44 bits per heavy atom. The summed E-state index contributed by atoms with van der Waals surface area (Å²) in [5, 5.41) is 3.11. The van der Waals surface area contributed by atoms with Crippen LogP contribution in [0.1, 0.15) is 13.3 Å². The van der Waals surface area contributed by atoms with Gasteiger partial charge in [0.15, 0.2) is 0 Å². The van der Waals surface area contributed by atoms with Crippen LogP contribution in [0.15, 0.2) is 0 Å². The van der Waals surface area contributed by atoms with Crippen LogP contribution in [0.25, 0.3) is 0 Å². The zero-order valence-corrected chi connectivity index (χ0v) is 7.69. The molecule has 0 atom stereocenters. The van der Waals surface area contributed by atoms with Crippen molar-refractivity contribution in [2.75, 3.05) is 13.1 Å². The third-order valence-corrected chi connectivity index (χ3v) is 1.23. The minimum Gasteiger partial charge on any atom is -0.317 e. The standard InChI is InChI=1S/C5H11Cl2N.ClH/c1-2-8-4-3-5(6)7;/h5,8H,2-4H2,1H3;1H. The van der Waals surface area contributed by atoms with Crippen LogP contribution in [-0.2, 0) is 0 Å². The van der Waals surface area contributed by atoms with Gasteiger partial charge in [0, 0.05) is 0 Å². The van der Waals surface area contributed by atoms with Gasteiger partial charge in [0.25, 0.3) is 0 Å². The van der Waals surface area contributed by atoms with Crippen LogP contribution in [0, 0.1) is 0 Å². The van der Waals surface area contributed by atoms with Crippen molar-refractivity contribution in [3.8, 4) is 0 Å². The number of halogens is 3. The van der Waals surface area contributed by atoms with Crippen molar-refractivity contribution >= 4 is 35.6 Å². The Morgan fingerprint density at radius 2 is 2.00 bits per heavy atom. The third-order valence-electron chi connectivity index (χ3n) is 0.789. The number of hydrogen-bond donors (Lipinski definition) is 1. The minimum atomic E-state index is -0.214. The highest BCUT2D eigenvalue weighted by atomic mass is 35.5. The Hall–Kier alpha value is 0.830. The number of rotatable bonds is 4. The topological polar surface area (TPSA) is 12.0 Å². The van der Waals surface area contributed by atoms with Crippen molar-refractivity contribution in [2.24, 2.45) is 0 Å². The molecule has 0 aliphatic rings. The highest BCUT2D eigenvalue weighted by Gasteiger charge is 1.94. The SMILES string of the molecule is CCNCCC(Cl)Cl.Cl. The van der Waals surface area contributed by atoms with Crippen molar-refractivity contribution < 1.29 is 0 Å². The molecule has 0 heterocycles. The average Bonchev–Trinajstić information content (AvgIpc) is 1.66. The van der Waals surface area contributed by atoms with Crippen molar-refractivity contribution in [3.63, 3.8) is 0 Å². The summed E-state index contributed by atoms with van der Waals surface area (Å²) in [4.78, 5) is -0.214. The van der Waals surface area contributed by atoms with E-state index in [1.807, 2.05) is 0 Å². The zero-order chi connectivity index (χ0) is 6.41. The lowest BCUT2D eigenvalue weighted by atomic mass is 10.5. The van der Waals surface area contributed by atoms with Crippen molar-refractivity contribution in [1.82, 2.24) is 5.32 Å². The fraction of sp³-hybridized carbons (Fsp3) is 1.00. The second-order valence-electron chi connectivity index (χ2n) is 1.53. The summed E-state index contributed by atoms with van der Waals surface area (Å²) >= 11 is 10.9. The first kappa shape index (κ1) is 12.5. The van der Waals surface area contributed by atoms with Crippen LogP contribution >= 0.6 is 35.6 Å². The molecular weight excluding hydrogens is 180 g/mol. The van der Waals surface area contributed by atoms with Gasteiger partial charge in [-0.25, -0.2) is 0 Å². The molecule has 58 valence electrons. The second-order valence-corrected chi connectivity index (χ2v) is 2.81. The van der Waals surface area contributed by atoms with Crippen LogP contribution in [0.4, 0.5) is 0 Å². The lowest BCUT2D eigenvalue weighted by molar-refractivity contribution is 0.695. The van der Waals surface area contributed by atoms with Gasteiger partial charge < -0.3 is 5.32 Å². The van der Waals surface area contributed by atoms with E-state index >= 15 is 0 Å². The molecule has 9 heavy (non-hydrogen) atoms. The van der Waals surface area contributed by atoms with E-state index in [1.165, 1.54) is 0 Å². The zero-order valence-electron chi connectivity index (χ0n) is 5.36. The van der Waals surface area contributed by atoms with Gasteiger partial charge in [-0.1, -0.05) is 6.92 Å². The fourth-order valence-electron chi connectivity index (χ4n) is 0.388. The first-order chi connectivity index (χ1) is 3.77. The molecule has 0 aromatic heterocycles. The van der Waals surface area contributed by atoms with E-state index < -0.39 is 0 Å². The van der Waals surface area contributed by atoms with Crippen LogP contribution in [0.2, 0.25) is 0 Å². The van der Waals surface area contributed by atoms with Gasteiger partial charge >= 0.3 is 0 Å². The summed E-state index contributed by atoms with van der Waals surface area (Å²) in [6.45, 7) is 3.95. The summed E-state index contributed by atoms with van der Waals surface area (Å²) in [7, 11) is 0. The third kappa shape index (κ3) is 12.1. The molecule has 1 N–H and O–H groups in total. The second kappa shape index (κ2) is 8.83. The molecule has 0 fully saturated rings. The van der Waals surface area contributed by atoms with E-state index in [0.717, 1.165) is 19.5 Å². The first-order valence-corrected chi connectivity index (χ1v) is 3.63. The van der Waals surface area contributed by atoms with Crippen LogP contribution in [0.5, 0.6) is 0 Å². The largest absolute Gasteiger partial charge is 0.317 e. The first-order valence-electron chi connectivity index (χ1n) is 2.76. The highest BCUT2D eigenvalue weighted by Crippen LogP contribution is 2.04. The predicted molar refractivity (Wildman–Crippen MR) is 45.9 cm³/mol. The van der Waals surface area contributed by atoms with Gasteiger partial charge in [-0.05, 0) is 19.5 Å². The van der Waals surface area contributed by atoms with E-state index in [2.05, 4.69) is 12.2 Å². The summed E-state index contributed by atoms with van der Waals surface area (Å²) < 4.78 is 0. The molecule has 0 spiro atoms. The van der Waals surface area contributed by atoms with E-state index in [4.69, 9.17) is 23.2 Å². The minimum absolute atomic E-state index is 0. The van der Waals surface area contributed by atoms with E-state index in [0.29, 0.717) is 0 Å². The van der Waals surface area contributed by atoms with Crippen molar-refractivity contribution in [3.05, 3.63) is 0 Å². The van der Waals surface area contributed by atoms with Gasteiger partial charge in [-0.2, -0.15) is 0 Å². The maximum absolute atomic E-state index is 5.44. The van der Waals surface area contributed by atoms with Gasteiger partial charge in [0.05, 0.1) is 0 Å². The van der Waals surface area contributed by atoms with Crippen LogP contribution in [-0.4, -0.2) is 17.9 Å². The fourth-order valence-corrected chi connectivity index (χ4v) is 0.606. The molecule has 0 rings (SSSR count). The summed E-state index contributed by atoms with van der Waals surface area (Å²) in [6.07, 6.45) is 0.830. The van der Waals surface area contributed by atoms with Crippen LogP contribution < -0.4 is 5.32 Å². The van der Waals surface area contributed by atoms with Gasteiger partial charge in [-0.15, -0.1) is 35.6 Å². The molecule has 0 saturated carbocycles. The summed E-state index contributed by atoms with van der Waals surface area (Å²) in [6, 6.07) is 0. The smallest absolute Gasteiger partial charge is 0.109 e. The Morgan fingerprint density at radius 3 is 2.33 bits per heavy atom. The number of alkyl halides is 2.